The van der Waals surface area contributed by atoms with Crippen molar-refractivity contribution in [2.75, 3.05) is 24.3 Å². The minimum Gasteiger partial charge on any atom is -0.497 e. The first-order chi connectivity index (χ1) is 9.72. The molecule has 0 unspecified atom stereocenters. The van der Waals surface area contributed by atoms with E-state index in [4.69, 9.17) is 4.74 Å². The number of nitrogens with zero attached hydrogens (tertiary/aromatic N) is 2. The van der Waals surface area contributed by atoms with E-state index in [0.717, 1.165) is 6.54 Å². The lowest BCUT2D eigenvalue weighted by Gasteiger charge is -2.07. The molecule has 20 heavy (non-hydrogen) atoms. The van der Waals surface area contributed by atoms with Crippen LogP contribution >= 0.6 is 0 Å². The lowest BCUT2D eigenvalue weighted by Crippen LogP contribution is -2.14. The summed E-state index contributed by atoms with van der Waals surface area (Å²) in [7, 11) is 1.58. The Morgan fingerprint density at radius 3 is 2.80 bits per heavy atom. The Kier molecular flexibility index (Phi) is 4.49. The molecule has 2 rings (SSSR count). The SMILES string of the molecule is CCNc1cnc(C(=O)Nc2cccc(OC)c2)cn1. The Hall–Kier alpha value is -2.63. The molecule has 0 radical (unpaired) electrons. The molecule has 0 spiro atoms. The molecule has 0 saturated carbocycles. The molecule has 104 valence electrons. The van der Waals surface area contributed by atoms with Crippen molar-refractivity contribution in [2.24, 2.45) is 0 Å². The van der Waals surface area contributed by atoms with E-state index in [9.17, 15) is 4.79 Å². The van der Waals surface area contributed by atoms with Gasteiger partial charge in [-0.2, -0.15) is 0 Å². The number of carbonyl (C=O) groups excluding carboxylic acids is 1. The molecule has 0 aliphatic heterocycles. The van der Waals surface area contributed by atoms with Crippen LogP contribution in [0.1, 0.15) is 17.4 Å². The smallest absolute Gasteiger partial charge is 0.275 e. The number of amides is 1. The first-order valence-electron chi connectivity index (χ1n) is 6.24. The number of methoxy groups -OCH3 is 1. The summed E-state index contributed by atoms with van der Waals surface area (Å²) in [5.41, 5.74) is 0.904. The summed E-state index contributed by atoms with van der Waals surface area (Å²) in [6.45, 7) is 2.72. The molecular weight excluding hydrogens is 256 g/mol. The van der Waals surface area contributed by atoms with Crippen molar-refractivity contribution < 1.29 is 9.53 Å². The zero-order chi connectivity index (χ0) is 14.4. The summed E-state index contributed by atoms with van der Waals surface area (Å²) in [6, 6.07) is 7.12. The van der Waals surface area contributed by atoms with Gasteiger partial charge < -0.3 is 15.4 Å². The maximum absolute atomic E-state index is 12.0. The van der Waals surface area contributed by atoms with E-state index in [1.807, 2.05) is 6.92 Å². The molecule has 1 aromatic heterocycles. The van der Waals surface area contributed by atoms with Gasteiger partial charge in [0, 0.05) is 18.3 Å². The number of rotatable bonds is 5. The first kappa shape index (κ1) is 13.8. The summed E-state index contributed by atoms with van der Waals surface area (Å²) in [6.07, 6.45) is 2.97. The van der Waals surface area contributed by atoms with Gasteiger partial charge in [0.1, 0.15) is 17.3 Å². The quantitative estimate of drug-likeness (QED) is 0.872. The van der Waals surface area contributed by atoms with Gasteiger partial charge in [-0.15, -0.1) is 0 Å². The van der Waals surface area contributed by atoms with Crippen molar-refractivity contribution in [3.63, 3.8) is 0 Å². The Labute approximate surface area is 117 Å². The van der Waals surface area contributed by atoms with Crippen LogP contribution in [0.3, 0.4) is 0 Å². The summed E-state index contributed by atoms with van der Waals surface area (Å²) in [5, 5.41) is 5.76. The number of hydrogen-bond donors (Lipinski definition) is 2. The van der Waals surface area contributed by atoms with Crippen molar-refractivity contribution in [3.05, 3.63) is 42.4 Å². The van der Waals surface area contributed by atoms with Crippen molar-refractivity contribution in [1.82, 2.24) is 9.97 Å². The number of hydrogen-bond acceptors (Lipinski definition) is 5. The van der Waals surface area contributed by atoms with Gasteiger partial charge in [-0.25, -0.2) is 9.97 Å². The van der Waals surface area contributed by atoms with Gasteiger partial charge in [-0.3, -0.25) is 4.79 Å². The normalized spacial score (nSPS) is 9.90. The van der Waals surface area contributed by atoms with Crippen molar-refractivity contribution in [3.8, 4) is 5.75 Å². The molecule has 1 heterocycles. The summed E-state index contributed by atoms with van der Waals surface area (Å²) in [5.74, 6) is 1.01. The monoisotopic (exact) mass is 272 g/mol. The fraction of sp³-hybridized carbons (Fsp3) is 0.214. The highest BCUT2D eigenvalue weighted by atomic mass is 16.5. The standard InChI is InChI=1S/C14H16N4O2/c1-3-15-13-9-16-12(8-17-13)14(19)18-10-5-4-6-11(7-10)20-2/h4-9H,3H2,1-2H3,(H,15,17)(H,18,19). The maximum Gasteiger partial charge on any atom is 0.275 e. The van der Waals surface area contributed by atoms with Crippen molar-refractivity contribution in [1.29, 1.82) is 0 Å². The van der Waals surface area contributed by atoms with Gasteiger partial charge in [-0.1, -0.05) is 6.07 Å². The van der Waals surface area contributed by atoms with E-state index >= 15 is 0 Å². The van der Waals surface area contributed by atoms with Crippen LogP contribution < -0.4 is 15.4 Å². The Bertz CT molecular complexity index is 584. The summed E-state index contributed by atoms with van der Waals surface area (Å²) >= 11 is 0. The number of benzene rings is 1. The number of nitrogens with one attached hydrogen (secondary N) is 2. The predicted octanol–water partition coefficient (Wildman–Crippen LogP) is 2.17. The topological polar surface area (TPSA) is 76.1 Å². The number of carbonyl (C=O) groups is 1. The van der Waals surface area contributed by atoms with E-state index in [1.165, 1.54) is 12.4 Å². The molecule has 2 N–H and O–H groups in total. The van der Waals surface area contributed by atoms with Crippen LogP contribution in [0.4, 0.5) is 11.5 Å². The number of ether oxygens (including phenoxy) is 1. The lowest BCUT2D eigenvalue weighted by molar-refractivity contribution is 0.102. The number of anilines is 2. The molecule has 6 heteroatoms. The Morgan fingerprint density at radius 2 is 2.15 bits per heavy atom. The highest BCUT2D eigenvalue weighted by molar-refractivity contribution is 6.02. The van der Waals surface area contributed by atoms with Crippen LogP contribution in [-0.2, 0) is 0 Å². The van der Waals surface area contributed by atoms with Crippen molar-refractivity contribution in [2.45, 2.75) is 6.92 Å². The molecule has 6 nitrogen and oxygen atoms in total. The van der Waals surface area contributed by atoms with Crippen LogP contribution in [0.5, 0.6) is 5.75 Å². The third kappa shape index (κ3) is 3.44. The Balaban J connectivity index is 2.07. The second kappa shape index (κ2) is 6.51. The van der Waals surface area contributed by atoms with Gasteiger partial charge in [0.15, 0.2) is 0 Å². The molecular formula is C14H16N4O2. The molecule has 1 aromatic carbocycles. The van der Waals surface area contributed by atoms with E-state index < -0.39 is 0 Å². The van der Waals surface area contributed by atoms with Gasteiger partial charge in [0.25, 0.3) is 5.91 Å². The predicted molar refractivity (Wildman–Crippen MR) is 77.1 cm³/mol. The van der Waals surface area contributed by atoms with E-state index in [1.54, 1.807) is 31.4 Å². The lowest BCUT2D eigenvalue weighted by atomic mass is 10.3. The minimum atomic E-state index is -0.311. The fourth-order valence-corrected chi connectivity index (χ4v) is 1.61. The van der Waals surface area contributed by atoms with Crippen LogP contribution in [-0.4, -0.2) is 29.5 Å². The second-order valence-electron chi connectivity index (χ2n) is 4.00. The third-order valence-corrected chi connectivity index (χ3v) is 2.57. The molecule has 1 amide bonds. The largest absolute Gasteiger partial charge is 0.497 e. The molecule has 0 aliphatic carbocycles. The van der Waals surface area contributed by atoms with Gasteiger partial charge >= 0.3 is 0 Å². The molecule has 2 aromatic rings. The maximum atomic E-state index is 12.0. The molecule has 0 aliphatic rings. The minimum absolute atomic E-state index is 0.259. The van der Waals surface area contributed by atoms with E-state index in [0.29, 0.717) is 17.3 Å². The molecule has 0 fully saturated rings. The van der Waals surface area contributed by atoms with E-state index in [2.05, 4.69) is 20.6 Å². The fourth-order valence-electron chi connectivity index (χ4n) is 1.61. The molecule has 0 bridgehead atoms. The van der Waals surface area contributed by atoms with Crippen LogP contribution in [0.25, 0.3) is 0 Å². The molecule has 0 atom stereocenters. The third-order valence-electron chi connectivity index (χ3n) is 2.57. The van der Waals surface area contributed by atoms with Gasteiger partial charge in [0.2, 0.25) is 0 Å². The Morgan fingerprint density at radius 1 is 1.30 bits per heavy atom. The van der Waals surface area contributed by atoms with Crippen LogP contribution in [0, 0.1) is 0 Å². The second-order valence-corrected chi connectivity index (χ2v) is 4.00. The average molecular weight is 272 g/mol. The highest BCUT2D eigenvalue weighted by Crippen LogP contribution is 2.17. The number of aromatic nitrogens is 2. The van der Waals surface area contributed by atoms with E-state index in [-0.39, 0.29) is 11.6 Å². The molecule has 0 saturated heterocycles. The highest BCUT2D eigenvalue weighted by Gasteiger charge is 2.08. The van der Waals surface area contributed by atoms with Crippen LogP contribution in [0.2, 0.25) is 0 Å². The zero-order valence-electron chi connectivity index (χ0n) is 11.4. The first-order valence-corrected chi connectivity index (χ1v) is 6.24. The van der Waals surface area contributed by atoms with Gasteiger partial charge in [0.05, 0.1) is 19.5 Å². The average Bonchev–Trinajstić information content (AvgIpc) is 2.48. The zero-order valence-corrected chi connectivity index (χ0v) is 11.4. The van der Waals surface area contributed by atoms with Gasteiger partial charge in [-0.05, 0) is 19.1 Å². The summed E-state index contributed by atoms with van der Waals surface area (Å²) < 4.78 is 5.10. The van der Waals surface area contributed by atoms with Crippen LogP contribution in [0.15, 0.2) is 36.7 Å². The summed E-state index contributed by atoms with van der Waals surface area (Å²) in [4.78, 5) is 20.2. The van der Waals surface area contributed by atoms with Crippen molar-refractivity contribution >= 4 is 17.4 Å².